The van der Waals surface area contributed by atoms with E-state index in [1.54, 1.807) is 6.08 Å². The topological polar surface area (TPSA) is 75.6 Å². The summed E-state index contributed by atoms with van der Waals surface area (Å²) in [5.41, 5.74) is 0.764. The number of methoxy groups -OCH3 is 1. The molecule has 1 amide bonds. The van der Waals surface area contributed by atoms with Crippen molar-refractivity contribution in [3.05, 3.63) is 65.1 Å². The van der Waals surface area contributed by atoms with E-state index in [4.69, 9.17) is 0 Å². The smallest absolute Gasteiger partial charge is 0.347 e. The van der Waals surface area contributed by atoms with Gasteiger partial charge in [-0.15, -0.1) is 0 Å². The van der Waals surface area contributed by atoms with Crippen molar-refractivity contribution in [3.8, 4) is 0 Å². The van der Waals surface area contributed by atoms with Gasteiger partial charge in [0.15, 0.2) is 11.3 Å². The Bertz CT molecular complexity index is 627. The van der Waals surface area contributed by atoms with E-state index in [1.807, 2.05) is 36.4 Å². The predicted molar refractivity (Wildman–Crippen MR) is 73.4 cm³/mol. The number of nitrogens with one attached hydrogen (secondary N) is 1. The molecule has 2 N–H and O–H groups in total. The van der Waals surface area contributed by atoms with Crippen LogP contribution in [0, 0.1) is 0 Å². The van der Waals surface area contributed by atoms with Gasteiger partial charge in [0.05, 0.1) is 12.8 Å². The summed E-state index contributed by atoms with van der Waals surface area (Å²) < 4.78 is 4.43. The van der Waals surface area contributed by atoms with Crippen LogP contribution < -0.4 is 5.32 Å². The fraction of sp³-hybridized carbons (Fsp3) is 0.0667. The average molecular weight is 271 g/mol. The molecule has 0 spiro atoms. The second-order valence-electron chi connectivity index (χ2n) is 4.02. The number of ether oxygens (including phenoxy) is 1. The SMILES string of the molecule is COC(=O)C1=C(O)/C(=C\C=C\c2ccccc2)NC1=O. The fourth-order valence-corrected chi connectivity index (χ4v) is 1.72. The van der Waals surface area contributed by atoms with Crippen LogP contribution in [-0.4, -0.2) is 24.1 Å². The number of aliphatic hydroxyl groups is 1. The molecule has 1 heterocycles. The Morgan fingerprint density at radius 2 is 2.00 bits per heavy atom. The van der Waals surface area contributed by atoms with Gasteiger partial charge in [-0.2, -0.15) is 0 Å². The summed E-state index contributed by atoms with van der Waals surface area (Å²) in [6, 6.07) is 9.54. The molecular formula is C15H13NO4. The molecule has 0 saturated heterocycles. The van der Waals surface area contributed by atoms with Gasteiger partial charge >= 0.3 is 5.97 Å². The van der Waals surface area contributed by atoms with Crippen molar-refractivity contribution in [1.29, 1.82) is 0 Å². The van der Waals surface area contributed by atoms with Crippen LogP contribution in [0.4, 0.5) is 0 Å². The van der Waals surface area contributed by atoms with Gasteiger partial charge in [-0.25, -0.2) is 4.79 Å². The molecule has 20 heavy (non-hydrogen) atoms. The highest BCUT2D eigenvalue weighted by Gasteiger charge is 2.32. The monoisotopic (exact) mass is 271 g/mol. The Balaban J connectivity index is 2.20. The van der Waals surface area contributed by atoms with Crippen molar-refractivity contribution < 1.29 is 19.4 Å². The standard InChI is InChI=1S/C15H13NO4/c1-20-15(19)12-13(17)11(16-14(12)18)9-5-8-10-6-3-2-4-7-10/h2-9,17H,1H3,(H,16,18)/b8-5+,11-9+. The Labute approximate surface area is 115 Å². The molecule has 5 heteroatoms. The second kappa shape index (κ2) is 5.88. The van der Waals surface area contributed by atoms with Crippen LogP contribution in [-0.2, 0) is 14.3 Å². The lowest BCUT2D eigenvalue weighted by molar-refractivity contribution is -0.137. The van der Waals surface area contributed by atoms with E-state index >= 15 is 0 Å². The summed E-state index contributed by atoms with van der Waals surface area (Å²) >= 11 is 0. The highest BCUT2D eigenvalue weighted by Crippen LogP contribution is 2.19. The van der Waals surface area contributed by atoms with Crippen LogP contribution >= 0.6 is 0 Å². The van der Waals surface area contributed by atoms with Gasteiger partial charge in [-0.1, -0.05) is 42.5 Å². The van der Waals surface area contributed by atoms with Crippen LogP contribution in [0.3, 0.4) is 0 Å². The van der Waals surface area contributed by atoms with Gasteiger partial charge in [0.25, 0.3) is 5.91 Å². The van der Waals surface area contributed by atoms with Gasteiger partial charge < -0.3 is 15.2 Å². The molecule has 5 nitrogen and oxygen atoms in total. The molecular weight excluding hydrogens is 258 g/mol. The zero-order valence-electron chi connectivity index (χ0n) is 10.8. The van der Waals surface area contributed by atoms with Crippen molar-refractivity contribution >= 4 is 18.0 Å². The van der Waals surface area contributed by atoms with Gasteiger partial charge in [-0.05, 0) is 11.6 Å². The molecule has 1 aromatic carbocycles. The maximum atomic E-state index is 11.5. The van der Waals surface area contributed by atoms with Crippen LogP contribution in [0.25, 0.3) is 6.08 Å². The minimum atomic E-state index is -0.865. The molecule has 1 aromatic rings. The third-order valence-corrected chi connectivity index (χ3v) is 2.71. The van der Waals surface area contributed by atoms with Gasteiger partial charge in [-0.3, -0.25) is 4.79 Å². The number of esters is 1. The van der Waals surface area contributed by atoms with Crippen molar-refractivity contribution in [1.82, 2.24) is 5.32 Å². The summed E-state index contributed by atoms with van der Waals surface area (Å²) in [5.74, 6) is -1.94. The molecule has 0 fully saturated rings. The van der Waals surface area contributed by atoms with Crippen LogP contribution in [0.2, 0.25) is 0 Å². The van der Waals surface area contributed by atoms with E-state index in [9.17, 15) is 14.7 Å². The minimum Gasteiger partial charge on any atom is -0.505 e. The molecule has 0 unspecified atom stereocenters. The summed E-state index contributed by atoms with van der Waals surface area (Å²) in [7, 11) is 1.15. The van der Waals surface area contributed by atoms with Crippen LogP contribution in [0.1, 0.15) is 5.56 Å². The van der Waals surface area contributed by atoms with Gasteiger partial charge in [0, 0.05) is 0 Å². The lowest BCUT2D eigenvalue weighted by atomic mass is 10.2. The average Bonchev–Trinajstić information content (AvgIpc) is 2.74. The van der Waals surface area contributed by atoms with E-state index in [0.717, 1.165) is 12.7 Å². The maximum absolute atomic E-state index is 11.5. The molecule has 0 bridgehead atoms. The Morgan fingerprint density at radius 1 is 1.30 bits per heavy atom. The highest BCUT2D eigenvalue weighted by atomic mass is 16.5. The van der Waals surface area contributed by atoms with Crippen molar-refractivity contribution in [2.75, 3.05) is 7.11 Å². The third kappa shape index (κ3) is 2.77. The molecule has 0 atom stereocenters. The van der Waals surface area contributed by atoms with Crippen LogP contribution in [0.15, 0.2) is 59.5 Å². The first-order valence-corrected chi connectivity index (χ1v) is 5.90. The number of allylic oxidation sites excluding steroid dienone is 2. The largest absolute Gasteiger partial charge is 0.505 e. The third-order valence-electron chi connectivity index (χ3n) is 2.71. The van der Waals surface area contributed by atoms with E-state index in [2.05, 4.69) is 10.1 Å². The van der Waals surface area contributed by atoms with Gasteiger partial charge in [0.2, 0.25) is 0 Å². The Hall–Kier alpha value is -2.82. The number of rotatable bonds is 3. The quantitative estimate of drug-likeness (QED) is 0.648. The number of aliphatic hydroxyl groups excluding tert-OH is 1. The molecule has 0 aliphatic carbocycles. The number of hydrogen-bond acceptors (Lipinski definition) is 4. The Kier molecular flexibility index (Phi) is 4.00. The van der Waals surface area contributed by atoms with E-state index in [0.29, 0.717) is 0 Å². The minimum absolute atomic E-state index is 0.169. The number of amides is 1. The molecule has 0 aromatic heterocycles. The van der Waals surface area contributed by atoms with E-state index in [1.165, 1.54) is 6.08 Å². The normalized spacial score (nSPS) is 16.9. The second-order valence-corrected chi connectivity index (χ2v) is 4.02. The lowest BCUT2D eigenvalue weighted by Crippen LogP contribution is -2.20. The molecule has 1 aliphatic heterocycles. The highest BCUT2D eigenvalue weighted by molar-refractivity contribution is 6.19. The van der Waals surface area contributed by atoms with Crippen molar-refractivity contribution in [3.63, 3.8) is 0 Å². The van der Waals surface area contributed by atoms with Gasteiger partial charge in [0.1, 0.15) is 0 Å². The molecule has 1 aliphatic rings. The predicted octanol–water partition coefficient (Wildman–Crippen LogP) is 1.70. The first kappa shape index (κ1) is 13.6. The number of carbonyl (C=O) groups is 2. The van der Waals surface area contributed by atoms with E-state index < -0.39 is 17.6 Å². The van der Waals surface area contributed by atoms with E-state index in [-0.39, 0.29) is 11.3 Å². The molecule has 102 valence electrons. The first-order chi connectivity index (χ1) is 9.63. The summed E-state index contributed by atoms with van der Waals surface area (Å²) in [5, 5.41) is 12.2. The van der Waals surface area contributed by atoms with Crippen LogP contribution in [0.5, 0.6) is 0 Å². The fourth-order valence-electron chi connectivity index (χ4n) is 1.72. The number of benzene rings is 1. The maximum Gasteiger partial charge on any atom is 0.347 e. The lowest BCUT2D eigenvalue weighted by Gasteiger charge is -1.96. The molecule has 2 rings (SSSR count). The molecule has 0 radical (unpaired) electrons. The zero-order chi connectivity index (χ0) is 14.5. The zero-order valence-corrected chi connectivity index (χ0v) is 10.8. The summed E-state index contributed by atoms with van der Waals surface area (Å²) in [6.07, 6.45) is 4.99. The summed E-state index contributed by atoms with van der Waals surface area (Å²) in [6.45, 7) is 0. The summed E-state index contributed by atoms with van der Waals surface area (Å²) in [4.78, 5) is 22.9. The van der Waals surface area contributed by atoms with Crippen molar-refractivity contribution in [2.24, 2.45) is 0 Å². The number of hydrogen-bond donors (Lipinski definition) is 2. The van der Waals surface area contributed by atoms with Crippen molar-refractivity contribution in [2.45, 2.75) is 0 Å². The Morgan fingerprint density at radius 3 is 2.65 bits per heavy atom. The number of carbonyl (C=O) groups excluding carboxylic acids is 2. The molecule has 0 saturated carbocycles. The first-order valence-electron chi connectivity index (χ1n) is 5.90.